The molecule has 1 aromatic heterocycles. The first kappa shape index (κ1) is 13.0. The number of rotatable bonds is 5. The van der Waals surface area contributed by atoms with E-state index in [1.54, 1.807) is 11.8 Å². The largest absolute Gasteiger partial charge is 0.464 e. The van der Waals surface area contributed by atoms with Crippen LogP contribution in [0.3, 0.4) is 0 Å². The second-order valence-electron chi connectivity index (χ2n) is 5.20. The Labute approximate surface area is 109 Å². The summed E-state index contributed by atoms with van der Waals surface area (Å²) in [7, 11) is 0. The third-order valence-electron chi connectivity index (χ3n) is 4.01. The second kappa shape index (κ2) is 5.96. The van der Waals surface area contributed by atoms with Gasteiger partial charge in [-0.15, -0.1) is 0 Å². The summed E-state index contributed by atoms with van der Waals surface area (Å²) in [6.07, 6.45) is 4.76. The topological polar surface area (TPSA) is 25.2 Å². The number of furan rings is 1. The molecule has 0 aliphatic heterocycles. The standard InChI is InChI=1S/C14H23NOS/c1-10-4-7-14(11(10)2)15-8-12-5-6-13(16-12)9-17-3/h5-6,10-11,14-15H,4,7-9H2,1-3H3. The first-order valence-electron chi connectivity index (χ1n) is 6.50. The van der Waals surface area contributed by atoms with E-state index in [1.807, 2.05) is 0 Å². The zero-order chi connectivity index (χ0) is 12.3. The zero-order valence-corrected chi connectivity index (χ0v) is 11.8. The molecule has 0 aromatic carbocycles. The lowest BCUT2D eigenvalue weighted by atomic mass is 9.98. The van der Waals surface area contributed by atoms with Crippen molar-refractivity contribution in [2.45, 2.75) is 45.0 Å². The number of hydrogen-bond acceptors (Lipinski definition) is 3. The molecule has 3 heteroatoms. The highest BCUT2D eigenvalue weighted by Crippen LogP contribution is 2.31. The van der Waals surface area contributed by atoms with E-state index in [1.165, 1.54) is 12.8 Å². The number of thioether (sulfide) groups is 1. The lowest BCUT2D eigenvalue weighted by molar-refractivity contribution is 0.353. The molecule has 2 nitrogen and oxygen atoms in total. The lowest BCUT2D eigenvalue weighted by Crippen LogP contribution is -2.31. The molecule has 1 N–H and O–H groups in total. The quantitative estimate of drug-likeness (QED) is 0.867. The van der Waals surface area contributed by atoms with E-state index in [0.29, 0.717) is 6.04 Å². The van der Waals surface area contributed by atoms with E-state index < -0.39 is 0 Å². The van der Waals surface area contributed by atoms with E-state index in [0.717, 1.165) is 35.7 Å². The van der Waals surface area contributed by atoms with Crippen LogP contribution in [0.1, 0.15) is 38.2 Å². The van der Waals surface area contributed by atoms with E-state index in [2.05, 4.69) is 37.6 Å². The summed E-state index contributed by atoms with van der Waals surface area (Å²) in [5.74, 6) is 4.77. The molecule has 2 rings (SSSR count). The molecule has 17 heavy (non-hydrogen) atoms. The molecule has 1 heterocycles. The fourth-order valence-corrected chi connectivity index (χ4v) is 3.06. The predicted molar refractivity (Wildman–Crippen MR) is 74.1 cm³/mol. The average molecular weight is 253 g/mol. The van der Waals surface area contributed by atoms with Gasteiger partial charge in [-0.1, -0.05) is 13.8 Å². The van der Waals surface area contributed by atoms with Gasteiger partial charge >= 0.3 is 0 Å². The minimum absolute atomic E-state index is 0.666. The fraction of sp³-hybridized carbons (Fsp3) is 0.714. The lowest BCUT2D eigenvalue weighted by Gasteiger charge is -2.18. The molecule has 0 radical (unpaired) electrons. The molecule has 0 spiro atoms. The molecular weight excluding hydrogens is 230 g/mol. The Morgan fingerprint density at radius 1 is 1.29 bits per heavy atom. The Balaban J connectivity index is 1.81. The van der Waals surface area contributed by atoms with Gasteiger partial charge in [0.05, 0.1) is 12.3 Å². The Morgan fingerprint density at radius 3 is 2.71 bits per heavy atom. The molecule has 3 atom stereocenters. The summed E-state index contributed by atoms with van der Waals surface area (Å²) in [6, 6.07) is 4.86. The van der Waals surface area contributed by atoms with Crippen LogP contribution >= 0.6 is 11.8 Å². The number of hydrogen-bond donors (Lipinski definition) is 1. The maximum Gasteiger partial charge on any atom is 0.118 e. The summed E-state index contributed by atoms with van der Waals surface area (Å²) in [6.45, 7) is 5.59. The van der Waals surface area contributed by atoms with Gasteiger partial charge in [0, 0.05) is 6.04 Å². The molecule has 96 valence electrons. The summed E-state index contributed by atoms with van der Waals surface area (Å²) in [4.78, 5) is 0. The first-order chi connectivity index (χ1) is 8.20. The van der Waals surface area contributed by atoms with Crippen LogP contribution in [0.5, 0.6) is 0 Å². The van der Waals surface area contributed by atoms with Crippen LogP contribution < -0.4 is 5.32 Å². The van der Waals surface area contributed by atoms with Crippen molar-refractivity contribution in [3.8, 4) is 0 Å². The Kier molecular flexibility index (Phi) is 4.57. The average Bonchev–Trinajstić information content (AvgIpc) is 2.87. The van der Waals surface area contributed by atoms with Gasteiger partial charge in [0.1, 0.15) is 11.5 Å². The summed E-state index contributed by atoms with van der Waals surface area (Å²) < 4.78 is 5.76. The predicted octanol–water partition coefficient (Wildman–Crippen LogP) is 3.67. The van der Waals surface area contributed by atoms with Crippen LogP contribution in [-0.4, -0.2) is 12.3 Å². The molecular formula is C14H23NOS. The molecule has 1 aliphatic rings. The van der Waals surface area contributed by atoms with Gasteiger partial charge in [0.2, 0.25) is 0 Å². The van der Waals surface area contributed by atoms with E-state index in [-0.39, 0.29) is 0 Å². The Bertz CT molecular complexity index is 350. The van der Waals surface area contributed by atoms with Crippen molar-refractivity contribution in [3.05, 3.63) is 23.7 Å². The molecule has 1 fully saturated rings. The van der Waals surface area contributed by atoms with Gasteiger partial charge < -0.3 is 9.73 Å². The van der Waals surface area contributed by atoms with Gasteiger partial charge in [-0.05, 0) is 43.1 Å². The molecule has 0 saturated heterocycles. The van der Waals surface area contributed by atoms with Crippen LogP contribution in [0.25, 0.3) is 0 Å². The highest BCUT2D eigenvalue weighted by Gasteiger charge is 2.29. The monoisotopic (exact) mass is 253 g/mol. The van der Waals surface area contributed by atoms with Gasteiger partial charge in [-0.2, -0.15) is 11.8 Å². The van der Waals surface area contributed by atoms with Gasteiger partial charge in [0.25, 0.3) is 0 Å². The summed E-state index contributed by atoms with van der Waals surface area (Å²) in [5, 5.41) is 3.63. The highest BCUT2D eigenvalue weighted by atomic mass is 32.2. The molecule has 0 amide bonds. The molecule has 1 aromatic rings. The molecule has 1 aliphatic carbocycles. The first-order valence-corrected chi connectivity index (χ1v) is 7.90. The maximum absolute atomic E-state index is 5.76. The summed E-state index contributed by atoms with van der Waals surface area (Å²) >= 11 is 1.80. The van der Waals surface area contributed by atoms with E-state index >= 15 is 0 Å². The van der Waals surface area contributed by atoms with Crippen molar-refractivity contribution in [3.63, 3.8) is 0 Å². The van der Waals surface area contributed by atoms with E-state index in [9.17, 15) is 0 Å². The SMILES string of the molecule is CSCc1ccc(CNC2CCC(C)C2C)o1. The smallest absolute Gasteiger partial charge is 0.118 e. The van der Waals surface area contributed by atoms with E-state index in [4.69, 9.17) is 4.42 Å². The van der Waals surface area contributed by atoms with Crippen molar-refractivity contribution in [1.29, 1.82) is 0 Å². The minimum atomic E-state index is 0.666. The second-order valence-corrected chi connectivity index (χ2v) is 6.07. The molecule has 0 bridgehead atoms. The van der Waals surface area contributed by atoms with Crippen LogP contribution in [0.15, 0.2) is 16.5 Å². The number of nitrogens with one attached hydrogen (secondary N) is 1. The van der Waals surface area contributed by atoms with Crippen LogP contribution in [-0.2, 0) is 12.3 Å². The van der Waals surface area contributed by atoms with Crippen molar-refractivity contribution in [2.24, 2.45) is 11.8 Å². The Morgan fingerprint density at radius 2 is 2.06 bits per heavy atom. The van der Waals surface area contributed by atoms with Gasteiger partial charge in [-0.25, -0.2) is 0 Å². The van der Waals surface area contributed by atoms with Crippen molar-refractivity contribution >= 4 is 11.8 Å². The normalized spacial score (nSPS) is 28.8. The molecule has 1 saturated carbocycles. The fourth-order valence-electron chi connectivity index (χ4n) is 2.62. The highest BCUT2D eigenvalue weighted by molar-refractivity contribution is 7.97. The van der Waals surface area contributed by atoms with Crippen LogP contribution in [0, 0.1) is 11.8 Å². The van der Waals surface area contributed by atoms with Crippen LogP contribution in [0.2, 0.25) is 0 Å². The van der Waals surface area contributed by atoms with Gasteiger partial charge in [-0.3, -0.25) is 0 Å². The zero-order valence-electron chi connectivity index (χ0n) is 11.0. The van der Waals surface area contributed by atoms with Gasteiger partial charge in [0.15, 0.2) is 0 Å². The van der Waals surface area contributed by atoms with Crippen molar-refractivity contribution < 1.29 is 4.42 Å². The maximum atomic E-state index is 5.76. The summed E-state index contributed by atoms with van der Waals surface area (Å²) in [5.41, 5.74) is 0. The molecule has 3 unspecified atom stereocenters. The van der Waals surface area contributed by atoms with Crippen molar-refractivity contribution in [2.75, 3.05) is 6.26 Å². The van der Waals surface area contributed by atoms with Crippen molar-refractivity contribution in [1.82, 2.24) is 5.32 Å². The third-order valence-corrected chi connectivity index (χ3v) is 4.58. The third kappa shape index (κ3) is 3.29. The Hall–Kier alpha value is -0.410. The minimum Gasteiger partial charge on any atom is -0.464 e. The van der Waals surface area contributed by atoms with Crippen LogP contribution in [0.4, 0.5) is 0 Å².